The fourth-order valence-corrected chi connectivity index (χ4v) is 4.59. The third-order valence-corrected chi connectivity index (χ3v) is 6.45. The number of unbranched alkanes of at least 4 members (excludes halogenated alkanes) is 13. The van der Waals surface area contributed by atoms with Crippen molar-refractivity contribution >= 4 is 21.5 Å². The zero-order valence-corrected chi connectivity index (χ0v) is 19.2. The van der Waals surface area contributed by atoms with Gasteiger partial charge in [0, 0.05) is 0 Å². The summed E-state index contributed by atoms with van der Waals surface area (Å²) < 4.78 is 0. The Bertz CT molecular complexity index is 860. The van der Waals surface area contributed by atoms with Gasteiger partial charge in [-0.25, -0.2) is 0 Å². The summed E-state index contributed by atoms with van der Waals surface area (Å²) in [5, 5.41) is 5.42. The van der Waals surface area contributed by atoms with Crippen molar-refractivity contribution in [3.63, 3.8) is 0 Å². The van der Waals surface area contributed by atoms with Crippen LogP contribution in [0.5, 0.6) is 0 Å². The van der Waals surface area contributed by atoms with Crippen molar-refractivity contribution in [1.82, 2.24) is 0 Å². The molecule has 3 aromatic carbocycles. The van der Waals surface area contributed by atoms with Crippen LogP contribution in [0.2, 0.25) is 0 Å². The molecule has 0 aliphatic carbocycles. The molecule has 3 aromatic rings. The number of benzene rings is 3. The lowest BCUT2D eigenvalue weighted by Crippen LogP contribution is -1.87. The number of hydrogen-bond acceptors (Lipinski definition) is 0. The molecule has 0 spiro atoms. The second-order valence-electron chi connectivity index (χ2n) is 9.00. The summed E-state index contributed by atoms with van der Waals surface area (Å²) in [6.07, 6.45) is 22.1. The monoisotopic (exact) mass is 401 g/mol. The maximum Gasteiger partial charge on any atom is -0.00867 e. The summed E-state index contributed by atoms with van der Waals surface area (Å²) in [5.74, 6) is 0. The predicted octanol–water partition coefficient (Wildman–Crippen LogP) is 10.0. The lowest BCUT2D eigenvalue weighted by Gasteiger charge is -2.08. The van der Waals surface area contributed by atoms with E-state index in [2.05, 4.69) is 67.9 Å². The van der Waals surface area contributed by atoms with Gasteiger partial charge in [0.1, 0.15) is 0 Å². The third kappa shape index (κ3) is 7.46. The van der Waals surface area contributed by atoms with Gasteiger partial charge in [0.15, 0.2) is 0 Å². The average molecular weight is 402 g/mol. The average Bonchev–Trinajstić information content (AvgIpc) is 2.78. The first-order chi connectivity index (χ1) is 14.9. The Hall–Kier alpha value is -1.82. The Labute approximate surface area is 185 Å². The van der Waals surface area contributed by atoms with Crippen LogP contribution in [0.25, 0.3) is 21.5 Å². The first-order valence-electron chi connectivity index (χ1n) is 12.6. The molecular formula is C30H41. The van der Waals surface area contributed by atoms with Crippen LogP contribution in [-0.2, 0) is 0 Å². The number of rotatable bonds is 15. The van der Waals surface area contributed by atoms with Gasteiger partial charge >= 0.3 is 0 Å². The molecule has 0 aliphatic heterocycles. The summed E-state index contributed by atoms with van der Waals surface area (Å²) in [4.78, 5) is 0. The van der Waals surface area contributed by atoms with Crippen molar-refractivity contribution in [2.24, 2.45) is 0 Å². The minimum Gasteiger partial charge on any atom is -0.0654 e. The second kappa shape index (κ2) is 13.5. The van der Waals surface area contributed by atoms with E-state index in [0.29, 0.717) is 0 Å². The van der Waals surface area contributed by atoms with Gasteiger partial charge in [-0.05, 0) is 52.1 Å². The molecule has 1 radical (unpaired) electrons. The van der Waals surface area contributed by atoms with Crippen molar-refractivity contribution in [3.8, 4) is 0 Å². The molecule has 0 fully saturated rings. The van der Waals surface area contributed by atoms with Crippen molar-refractivity contribution in [2.75, 3.05) is 0 Å². The lowest BCUT2D eigenvalue weighted by atomic mass is 9.96. The van der Waals surface area contributed by atoms with Crippen LogP contribution in [0.15, 0.2) is 54.6 Å². The van der Waals surface area contributed by atoms with Crippen LogP contribution in [-0.4, -0.2) is 0 Å². The number of fused-ring (bicyclic) bond motifs is 2. The predicted molar refractivity (Wildman–Crippen MR) is 135 cm³/mol. The summed E-state index contributed by atoms with van der Waals surface area (Å²) >= 11 is 0. The van der Waals surface area contributed by atoms with E-state index in [1.807, 2.05) is 0 Å². The molecule has 0 aromatic heterocycles. The summed E-state index contributed by atoms with van der Waals surface area (Å²) in [5.41, 5.74) is 1.40. The molecule has 0 aliphatic rings. The highest BCUT2D eigenvalue weighted by molar-refractivity contribution is 6.00. The standard InChI is InChI=1S/C30H41/c1-2-3-4-5-6-7-8-9-10-11-12-13-14-15-19-26-22-18-23-29-24-27-20-16-17-21-28(27)25-30(26)29/h16-25H,2-15H2,1H3. The van der Waals surface area contributed by atoms with Crippen LogP contribution in [0.1, 0.15) is 102 Å². The van der Waals surface area contributed by atoms with Gasteiger partial charge in [0.25, 0.3) is 0 Å². The Morgan fingerprint density at radius 1 is 0.533 bits per heavy atom. The smallest absolute Gasteiger partial charge is 0.00867 e. The molecule has 0 amide bonds. The molecule has 0 saturated heterocycles. The number of hydrogen-bond donors (Lipinski definition) is 0. The van der Waals surface area contributed by atoms with Gasteiger partial charge in [-0.15, -0.1) is 0 Å². The van der Waals surface area contributed by atoms with Crippen LogP contribution in [0.4, 0.5) is 0 Å². The van der Waals surface area contributed by atoms with Crippen molar-refractivity contribution in [1.29, 1.82) is 0 Å². The highest BCUT2D eigenvalue weighted by Gasteiger charge is 2.03. The minimum absolute atomic E-state index is 1.20. The summed E-state index contributed by atoms with van der Waals surface area (Å²) in [6, 6.07) is 20.1. The molecule has 0 atom stereocenters. The van der Waals surface area contributed by atoms with Gasteiger partial charge < -0.3 is 0 Å². The van der Waals surface area contributed by atoms with Crippen molar-refractivity contribution < 1.29 is 0 Å². The highest BCUT2D eigenvalue weighted by Crippen LogP contribution is 2.27. The maximum absolute atomic E-state index is 2.45. The lowest BCUT2D eigenvalue weighted by molar-refractivity contribution is 0.539. The van der Waals surface area contributed by atoms with Gasteiger partial charge in [-0.3, -0.25) is 0 Å². The van der Waals surface area contributed by atoms with E-state index >= 15 is 0 Å². The molecule has 0 bridgehead atoms. The minimum atomic E-state index is 1.20. The fraction of sp³-hybridized carbons (Fsp3) is 0.500. The van der Waals surface area contributed by atoms with Gasteiger partial charge in [0.05, 0.1) is 0 Å². The van der Waals surface area contributed by atoms with E-state index in [1.54, 1.807) is 0 Å². The topological polar surface area (TPSA) is 0 Å². The maximum atomic E-state index is 2.45. The Morgan fingerprint density at radius 2 is 1.07 bits per heavy atom. The molecule has 0 unspecified atom stereocenters. The Balaban J connectivity index is 1.28. The Morgan fingerprint density at radius 3 is 1.70 bits per heavy atom. The van der Waals surface area contributed by atoms with Crippen LogP contribution in [0, 0.1) is 6.42 Å². The molecule has 30 heavy (non-hydrogen) atoms. The van der Waals surface area contributed by atoms with Crippen molar-refractivity contribution in [2.45, 2.75) is 96.8 Å². The summed E-state index contributed by atoms with van der Waals surface area (Å²) in [6.45, 7) is 2.29. The Kier molecular flexibility index (Phi) is 10.3. The molecule has 0 heterocycles. The van der Waals surface area contributed by atoms with Crippen LogP contribution >= 0.6 is 0 Å². The molecular weight excluding hydrogens is 360 g/mol. The van der Waals surface area contributed by atoms with E-state index in [4.69, 9.17) is 0 Å². The van der Waals surface area contributed by atoms with Gasteiger partial charge in [-0.2, -0.15) is 0 Å². The molecule has 0 N–H and O–H groups in total. The van der Waals surface area contributed by atoms with E-state index in [9.17, 15) is 0 Å². The summed E-state index contributed by atoms with van der Waals surface area (Å²) in [7, 11) is 0. The molecule has 0 heteroatoms. The largest absolute Gasteiger partial charge is 0.0654 e. The highest BCUT2D eigenvalue weighted by atomic mass is 14.1. The molecule has 161 valence electrons. The van der Waals surface area contributed by atoms with Crippen molar-refractivity contribution in [3.05, 3.63) is 66.6 Å². The van der Waals surface area contributed by atoms with E-state index < -0.39 is 0 Å². The first-order valence-corrected chi connectivity index (χ1v) is 12.6. The fourth-order valence-electron chi connectivity index (χ4n) is 4.59. The quantitative estimate of drug-likeness (QED) is 0.175. The molecule has 0 saturated carbocycles. The normalized spacial score (nSPS) is 11.5. The van der Waals surface area contributed by atoms with E-state index in [-0.39, 0.29) is 0 Å². The van der Waals surface area contributed by atoms with Crippen LogP contribution < -0.4 is 0 Å². The van der Waals surface area contributed by atoms with Gasteiger partial charge in [-0.1, -0.05) is 133 Å². The van der Waals surface area contributed by atoms with Gasteiger partial charge in [0.2, 0.25) is 0 Å². The molecule has 0 nitrogen and oxygen atoms in total. The first kappa shape index (κ1) is 22.9. The third-order valence-electron chi connectivity index (χ3n) is 6.45. The SMILES string of the molecule is CCCCCCCCCCCCCCC[CH]c1cccc2cc3ccccc3cc12. The van der Waals surface area contributed by atoms with E-state index in [0.717, 1.165) is 0 Å². The molecule has 3 rings (SSSR count). The zero-order valence-electron chi connectivity index (χ0n) is 19.2. The second-order valence-corrected chi connectivity index (χ2v) is 9.00. The van der Waals surface area contributed by atoms with E-state index in [1.165, 1.54) is 117 Å². The zero-order chi connectivity index (χ0) is 20.9. The van der Waals surface area contributed by atoms with Crippen LogP contribution in [0.3, 0.4) is 0 Å².